The molecule has 3 rings (SSSR count). The summed E-state index contributed by atoms with van der Waals surface area (Å²) < 4.78 is 0. The van der Waals surface area contributed by atoms with Crippen molar-refractivity contribution in [1.29, 1.82) is 0 Å². The molecule has 2 amide bonds. The summed E-state index contributed by atoms with van der Waals surface area (Å²) in [6.45, 7) is 1.87. The van der Waals surface area contributed by atoms with Gasteiger partial charge in [0.2, 0.25) is 5.91 Å². The molecule has 0 bridgehead atoms. The minimum Gasteiger partial charge on any atom is -0.348 e. The second kappa shape index (κ2) is 6.91. The summed E-state index contributed by atoms with van der Waals surface area (Å²) in [5.74, 6) is 0.0152. The number of hydrogen-bond acceptors (Lipinski definition) is 3. The molecule has 2 aliphatic rings. The Morgan fingerprint density at radius 2 is 2.14 bits per heavy atom. The first kappa shape index (κ1) is 15.8. The van der Waals surface area contributed by atoms with Gasteiger partial charge in [-0.1, -0.05) is 0 Å². The number of fused-ring (bicyclic) bond motifs is 1. The van der Waals surface area contributed by atoms with Crippen molar-refractivity contribution in [3.63, 3.8) is 0 Å². The first-order valence-electron chi connectivity index (χ1n) is 7.17. The number of rotatable bonds is 2. The van der Waals surface area contributed by atoms with E-state index in [0.717, 1.165) is 37.2 Å². The molecular weight excluding hydrogens is 290 g/mol. The molecule has 0 spiro atoms. The van der Waals surface area contributed by atoms with E-state index in [4.69, 9.17) is 0 Å². The number of nitrogens with one attached hydrogen (secondary N) is 3. The lowest BCUT2D eigenvalue weighted by Gasteiger charge is -2.24. The second-order valence-corrected chi connectivity index (χ2v) is 5.44. The molecule has 3 N–H and O–H groups in total. The average molecular weight is 310 g/mol. The number of carbonyl (C=O) groups is 2. The smallest absolute Gasteiger partial charge is 0.251 e. The van der Waals surface area contributed by atoms with E-state index in [1.54, 1.807) is 6.07 Å². The Hall–Kier alpha value is -1.59. The van der Waals surface area contributed by atoms with Gasteiger partial charge in [-0.2, -0.15) is 0 Å². The number of benzene rings is 1. The number of amides is 2. The van der Waals surface area contributed by atoms with E-state index in [1.807, 2.05) is 12.1 Å². The van der Waals surface area contributed by atoms with Crippen LogP contribution < -0.4 is 16.0 Å². The molecule has 0 radical (unpaired) electrons. The number of piperidine rings is 1. The molecule has 1 aromatic carbocycles. The largest absolute Gasteiger partial charge is 0.348 e. The third-order valence-corrected chi connectivity index (χ3v) is 3.90. The van der Waals surface area contributed by atoms with Crippen LogP contribution in [0.15, 0.2) is 18.2 Å². The minimum absolute atomic E-state index is 0. The van der Waals surface area contributed by atoms with Gasteiger partial charge in [-0.25, -0.2) is 0 Å². The van der Waals surface area contributed by atoms with Crippen molar-refractivity contribution in [2.45, 2.75) is 31.7 Å². The number of halogens is 1. The third kappa shape index (κ3) is 3.74. The van der Waals surface area contributed by atoms with E-state index < -0.39 is 0 Å². The molecule has 114 valence electrons. The van der Waals surface area contributed by atoms with E-state index >= 15 is 0 Å². The Morgan fingerprint density at radius 1 is 1.29 bits per heavy atom. The molecule has 2 aliphatic heterocycles. The fraction of sp³-hybridized carbons (Fsp3) is 0.467. The number of aryl methyl sites for hydroxylation is 1. The highest BCUT2D eigenvalue weighted by Gasteiger charge is 2.19. The maximum Gasteiger partial charge on any atom is 0.251 e. The molecule has 6 heteroatoms. The fourth-order valence-electron chi connectivity index (χ4n) is 2.77. The molecule has 2 heterocycles. The van der Waals surface area contributed by atoms with Gasteiger partial charge in [0.05, 0.1) is 0 Å². The molecule has 0 aromatic heterocycles. The van der Waals surface area contributed by atoms with E-state index in [2.05, 4.69) is 16.0 Å². The number of anilines is 1. The van der Waals surface area contributed by atoms with Gasteiger partial charge in [0.25, 0.3) is 5.91 Å². The lowest BCUT2D eigenvalue weighted by Crippen LogP contribution is -2.45. The summed E-state index contributed by atoms with van der Waals surface area (Å²) >= 11 is 0. The van der Waals surface area contributed by atoms with Crippen LogP contribution in [0, 0.1) is 0 Å². The SMILES string of the molecule is Cl.O=C1CCc2cc(C(=O)N[C@@H]3CCCNC3)ccc2N1. The van der Waals surface area contributed by atoms with Crippen LogP contribution in [0.4, 0.5) is 5.69 Å². The van der Waals surface area contributed by atoms with Crippen molar-refractivity contribution in [2.24, 2.45) is 0 Å². The maximum atomic E-state index is 12.2. The summed E-state index contributed by atoms with van der Waals surface area (Å²) in [6.07, 6.45) is 3.32. The van der Waals surface area contributed by atoms with Crippen LogP contribution in [0.5, 0.6) is 0 Å². The molecule has 5 nitrogen and oxygen atoms in total. The van der Waals surface area contributed by atoms with Crippen molar-refractivity contribution in [3.05, 3.63) is 29.3 Å². The molecular formula is C15H20ClN3O2. The highest BCUT2D eigenvalue weighted by molar-refractivity contribution is 5.98. The van der Waals surface area contributed by atoms with Gasteiger partial charge in [-0.15, -0.1) is 12.4 Å². The predicted octanol–water partition coefficient (Wildman–Crippen LogP) is 1.47. The minimum atomic E-state index is -0.0293. The Labute approximate surface area is 130 Å². The van der Waals surface area contributed by atoms with E-state index in [0.29, 0.717) is 18.4 Å². The van der Waals surface area contributed by atoms with Gasteiger partial charge >= 0.3 is 0 Å². The number of carbonyl (C=O) groups excluding carboxylic acids is 2. The summed E-state index contributed by atoms with van der Waals surface area (Å²) in [5, 5.41) is 9.17. The van der Waals surface area contributed by atoms with Crippen molar-refractivity contribution in [2.75, 3.05) is 18.4 Å². The lowest BCUT2D eigenvalue weighted by molar-refractivity contribution is -0.116. The Morgan fingerprint density at radius 3 is 2.90 bits per heavy atom. The van der Waals surface area contributed by atoms with Gasteiger partial charge < -0.3 is 16.0 Å². The zero-order chi connectivity index (χ0) is 13.9. The monoisotopic (exact) mass is 309 g/mol. The molecule has 0 aliphatic carbocycles. The summed E-state index contributed by atoms with van der Waals surface area (Å²) in [4.78, 5) is 23.5. The Kier molecular flexibility index (Phi) is 5.20. The van der Waals surface area contributed by atoms with Gasteiger partial charge in [-0.05, 0) is 49.6 Å². The Balaban J connectivity index is 0.00000161. The van der Waals surface area contributed by atoms with Crippen molar-refractivity contribution >= 4 is 29.9 Å². The van der Waals surface area contributed by atoms with Crippen LogP contribution in [0.1, 0.15) is 35.2 Å². The van der Waals surface area contributed by atoms with E-state index in [9.17, 15) is 9.59 Å². The van der Waals surface area contributed by atoms with Gasteiger partial charge in [0, 0.05) is 30.3 Å². The van der Waals surface area contributed by atoms with E-state index in [-0.39, 0.29) is 30.3 Å². The molecule has 1 aromatic rings. The zero-order valence-corrected chi connectivity index (χ0v) is 12.6. The van der Waals surface area contributed by atoms with Crippen LogP contribution in [-0.4, -0.2) is 30.9 Å². The molecule has 21 heavy (non-hydrogen) atoms. The summed E-state index contributed by atoms with van der Waals surface area (Å²) in [5.41, 5.74) is 2.54. The number of hydrogen-bond donors (Lipinski definition) is 3. The second-order valence-electron chi connectivity index (χ2n) is 5.44. The normalized spacial score (nSPS) is 20.8. The van der Waals surface area contributed by atoms with Crippen LogP contribution in [0.25, 0.3) is 0 Å². The van der Waals surface area contributed by atoms with Crippen molar-refractivity contribution in [1.82, 2.24) is 10.6 Å². The van der Waals surface area contributed by atoms with Gasteiger partial charge in [0.15, 0.2) is 0 Å². The third-order valence-electron chi connectivity index (χ3n) is 3.90. The molecule has 1 saturated heterocycles. The average Bonchev–Trinajstić information content (AvgIpc) is 2.47. The maximum absolute atomic E-state index is 12.2. The highest BCUT2D eigenvalue weighted by Crippen LogP contribution is 2.23. The topological polar surface area (TPSA) is 70.2 Å². The highest BCUT2D eigenvalue weighted by atomic mass is 35.5. The van der Waals surface area contributed by atoms with Crippen LogP contribution in [0.2, 0.25) is 0 Å². The van der Waals surface area contributed by atoms with Gasteiger partial charge in [-0.3, -0.25) is 9.59 Å². The quantitative estimate of drug-likeness (QED) is 0.775. The van der Waals surface area contributed by atoms with Gasteiger partial charge in [0.1, 0.15) is 0 Å². The van der Waals surface area contributed by atoms with Crippen LogP contribution >= 0.6 is 12.4 Å². The van der Waals surface area contributed by atoms with E-state index in [1.165, 1.54) is 0 Å². The van der Waals surface area contributed by atoms with Crippen molar-refractivity contribution in [3.8, 4) is 0 Å². The van der Waals surface area contributed by atoms with Crippen molar-refractivity contribution < 1.29 is 9.59 Å². The summed E-state index contributed by atoms with van der Waals surface area (Å²) in [6, 6.07) is 5.70. The molecule has 1 atom stereocenters. The zero-order valence-electron chi connectivity index (χ0n) is 11.8. The lowest BCUT2D eigenvalue weighted by atomic mass is 9.99. The molecule has 0 saturated carbocycles. The molecule has 1 fully saturated rings. The Bertz CT molecular complexity index is 542. The fourth-order valence-corrected chi connectivity index (χ4v) is 2.77. The summed E-state index contributed by atoms with van der Waals surface area (Å²) in [7, 11) is 0. The van der Waals surface area contributed by atoms with Crippen LogP contribution in [-0.2, 0) is 11.2 Å². The standard InChI is InChI=1S/C15H19N3O2.ClH/c19-14-6-4-10-8-11(3-5-13(10)18-14)15(20)17-12-2-1-7-16-9-12;/h3,5,8,12,16H,1-2,4,6-7,9H2,(H,17,20)(H,18,19);1H/t12-;/m1./s1. The first-order chi connectivity index (χ1) is 9.72. The first-order valence-corrected chi connectivity index (χ1v) is 7.17. The van der Waals surface area contributed by atoms with Crippen LogP contribution in [0.3, 0.4) is 0 Å². The predicted molar refractivity (Wildman–Crippen MR) is 84.0 cm³/mol. The molecule has 0 unspecified atom stereocenters.